The monoisotopic (exact) mass is 372 g/mol. The third-order valence-electron chi connectivity index (χ3n) is 5.08. The van der Waals surface area contributed by atoms with Crippen molar-refractivity contribution in [3.63, 3.8) is 0 Å². The van der Waals surface area contributed by atoms with Crippen molar-refractivity contribution in [2.75, 3.05) is 5.32 Å². The number of nitrogens with one attached hydrogen (secondary N) is 2. The van der Waals surface area contributed by atoms with Crippen LogP contribution in [0.4, 0.5) is 5.69 Å². The molecule has 0 heterocycles. The number of hydrogen-bond donors (Lipinski definition) is 2. The van der Waals surface area contributed by atoms with Gasteiger partial charge in [-0.15, -0.1) is 0 Å². The average molecular weight is 373 g/mol. The van der Waals surface area contributed by atoms with E-state index in [1.54, 1.807) is 0 Å². The fraction of sp³-hybridized carbons (Fsp3) is 0.381. The molecule has 2 aromatic carbocycles. The minimum absolute atomic E-state index is 0.0773. The molecule has 0 spiro atoms. The minimum atomic E-state index is 0.0773. The lowest BCUT2D eigenvalue weighted by molar-refractivity contribution is 0.362. The van der Waals surface area contributed by atoms with Crippen molar-refractivity contribution < 1.29 is 0 Å². The van der Waals surface area contributed by atoms with E-state index >= 15 is 0 Å². The predicted molar refractivity (Wildman–Crippen MR) is 112 cm³/mol. The molecule has 0 radical (unpaired) electrons. The zero-order chi connectivity index (χ0) is 17.7. The van der Waals surface area contributed by atoms with Gasteiger partial charge in [0.05, 0.1) is 0 Å². The summed E-state index contributed by atoms with van der Waals surface area (Å²) in [5, 5.41) is 8.52. The molecule has 132 valence electrons. The Morgan fingerprint density at radius 2 is 1.76 bits per heavy atom. The predicted octanol–water partition coefficient (Wildman–Crippen LogP) is 5.88. The van der Waals surface area contributed by atoms with Gasteiger partial charge in [0.25, 0.3) is 0 Å². The van der Waals surface area contributed by atoms with Crippen molar-refractivity contribution in [3.8, 4) is 0 Å². The summed E-state index contributed by atoms with van der Waals surface area (Å²) in [6.45, 7) is 2.09. The zero-order valence-corrected chi connectivity index (χ0v) is 16.2. The zero-order valence-electron chi connectivity index (χ0n) is 14.6. The van der Waals surface area contributed by atoms with Crippen molar-refractivity contribution in [2.24, 2.45) is 0 Å². The molecule has 3 rings (SSSR count). The Balaban J connectivity index is 1.62. The SMILES string of the molecule is Cc1ccc(NC(=S)NC2(CCc3ccccc3Cl)CCCC2)cc1. The standard InChI is InChI=1S/C21H25ClN2S/c1-16-8-10-18(11-9-16)23-20(25)24-21(13-4-5-14-21)15-12-17-6-2-3-7-19(17)22/h2-3,6-11H,4-5,12-15H2,1H3,(H2,23,24,25). The van der Waals surface area contributed by atoms with Gasteiger partial charge >= 0.3 is 0 Å². The second-order valence-electron chi connectivity index (χ2n) is 7.02. The molecule has 0 aromatic heterocycles. The van der Waals surface area contributed by atoms with E-state index in [1.165, 1.54) is 24.0 Å². The van der Waals surface area contributed by atoms with Crippen LogP contribution in [0.1, 0.15) is 43.2 Å². The molecule has 2 aromatic rings. The first kappa shape index (κ1) is 18.2. The molecule has 4 heteroatoms. The molecule has 2 N–H and O–H groups in total. The van der Waals surface area contributed by atoms with Gasteiger partial charge in [-0.2, -0.15) is 0 Å². The van der Waals surface area contributed by atoms with Crippen LogP contribution in [0.25, 0.3) is 0 Å². The fourth-order valence-corrected chi connectivity index (χ4v) is 4.17. The maximum absolute atomic E-state index is 6.32. The molecule has 0 atom stereocenters. The normalized spacial score (nSPS) is 15.8. The number of rotatable bonds is 5. The van der Waals surface area contributed by atoms with Crippen LogP contribution in [0.3, 0.4) is 0 Å². The van der Waals surface area contributed by atoms with E-state index in [9.17, 15) is 0 Å². The molecule has 0 saturated heterocycles. The average Bonchev–Trinajstić information content (AvgIpc) is 3.05. The Bertz CT molecular complexity index is 721. The van der Waals surface area contributed by atoms with Crippen LogP contribution in [0.2, 0.25) is 5.02 Å². The Morgan fingerprint density at radius 1 is 1.08 bits per heavy atom. The second-order valence-corrected chi connectivity index (χ2v) is 7.84. The Kier molecular flexibility index (Phi) is 5.98. The summed E-state index contributed by atoms with van der Waals surface area (Å²) in [6, 6.07) is 16.4. The molecule has 0 bridgehead atoms. The topological polar surface area (TPSA) is 24.1 Å². The van der Waals surface area contributed by atoms with Crippen molar-refractivity contribution in [2.45, 2.75) is 51.0 Å². The fourth-order valence-electron chi connectivity index (χ4n) is 3.60. The Morgan fingerprint density at radius 3 is 2.44 bits per heavy atom. The number of halogens is 1. The van der Waals surface area contributed by atoms with Gasteiger partial charge in [-0.05, 0) is 68.6 Å². The van der Waals surface area contributed by atoms with Gasteiger partial charge < -0.3 is 10.6 Å². The van der Waals surface area contributed by atoms with E-state index in [2.05, 4.69) is 54.0 Å². The van der Waals surface area contributed by atoms with Crippen LogP contribution in [0.15, 0.2) is 48.5 Å². The molecule has 25 heavy (non-hydrogen) atoms. The van der Waals surface area contributed by atoms with Crippen molar-refractivity contribution in [1.82, 2.24) is 5.32 Å². The van der Waals surface area contributed by atoms with Crippen molar-refractivity contribution in [3.05, 3.63) is 64.7 Å². The third kappa shape index (κ3) is 4.96. The van der Waals surface area contributed by atoms with Crippen LogP contribution in [-0.4, -0.2) is 10.7 Å². The van der Waals surface area contributed by atoms with Crippen LogP contribution in [0.5, 0.6) is 0 Å². The van der Waals surface area contributed by atoms with Gasteiger partial charge in [0.1, 0.15) is 0 Å². The summed E-state index contributed by atoms with van der Waals surface area (Å²) >= 11 is 11.9. The molecule has 0 amide bonds. The van der Waals surface area contributed by atoms with E-state index < -0.39 is 0 Å². The van der Waals surface area contributed by atoms with E-state index in [0.717, 1.165) is 36.4 Å². The number of aryl methyl sites for hydroxylation is 2. The highest BCUT2D eigenvalue weighted by molar-refractivity contribution is 7.80. The lowest BCUT2D eigenvalue weighted by Crippen LogP contribution is -2.48. The second kappa shape index (κ2) is 8.20. The Hall–Kier alpha value is -1.58. The van der Waals surface area contributed by atoms with Gasteiger partial charge in [0.15, 0.2) is 5.11 Å². The van der Waals surface area contributed by atoms with Crippen LogP contribution in [-0.2, 0) is 6.42 Å². The summed E-state index contributed by atoms with van der Waals surface area (Å²) in [4.78, 5) is 0. The molecular weight excluding hydrogens is 348 g/mol. The van der Waals surface area contributed by atoms with E-state index in [0.29, 0.717) is 5.11 Å². The first-order valence-electron chi connectivity index (χ1n) is 8.96. The number of thiocarbonyl (C=S) groups is 1. The summed E-state index contributed by atoms with van der Waals surface area (Å²) in [7, 11) is 0. The summed E-state index contributed by atoms with van der Waals surface area (Å²) in [5.41, 5.74) is 3.57. The quantitative estimate of drug-likeness (QED) is 0.641. The van der Waals surface area contributed by atoms with Gasteiger partial charge in [-0.25, -0.2) is 0 Å². The van der Waals surface area contributed by atoms with Crippen LogP contribution >= 0.6 is 23.8 Å². The summed E-state index contributed by atoms with van der Waals surface area (Å²) in [6.07, 6.45) is 6.85. The first-order chi connectivity index (χ1) is 12.1. The number of hydrogen-bond acceptors (Lipinski definition) is 1. The van der Waals surface area contributed by atoms with Gasteiger partial charge in [-0.1, -0.05) is 60.3 Å². The highest BCUT2D eigenvalue weighted by Gasteiger charge is 2.34. The molecule has 1 saturated carbocycles. The lowest BCUT2D eigenvalue weighted by atomic mass is 9.89. The highest BCUT2D eigenvalue weighted by atomic mass is 35.5. The van der Waals surface area contributed by atoms with Gasteiger partial charge in [-0.3, -0.25) is 0 Å². The molecule has 2 nitrogen and oxygen atoms in total. The van der Waals surface area contributed by atoms with E-state index in [-0.39, 0.29) is 5.54 Å². The largest absolute Gasteiger partial charge is 0.357 e. The minimum Gasteiger partial charge on any atom is -0.357 e. The molecule has 1 aliphatic rings. The first-order valence-corrected chi connectivity index (χ1v) is 9.74. The van der Waals surface area contributed by atoms with Crippen molar-refractivity contribution >= 4 is 34.6 Å². The van der Waals surface area contributed by atoms with Gasteiger partial charge in [0, 0.05) is 16.2 Å². The molecule has 1 aliphatic carbocycles. The third-order valence-corrected chi connectivity index (χ3v) is 5.65. The van der Waals surface area contributed by atoms with Gasteiger partial charge in [0.2, 0.25) is 0 Å². The lowest BCUT2D eigenvalue weighted by Gasteiger charge is -2.32. The maximum atomic E-state index is 6.32. The van der Waals surface area contributed by atoms with Crippen LogP contribution < -0.4 is 10.6 Å². The van der Waals surface area contributed by atoms with Crippen molar-refractivity contribution in [1.29, 1.82) is 0 Å². The van der Waals surface area contributed by atoms with E-state index in [1.807, 2.05) is 12.1 Å². The summed E-state index contributed by atoms with van der Waals surface area (Å²) in [5.74, 6) is 0. The summed E-state index contributed by atoms with van der Waals surface area (Å²) < 4.78 is 0. The van der Waals surface area contributed by atoms with E-state index in [4.69, 9.17) is 23.8 Å². The highest BCUT2D eigenvalue weighted by Crippen LogP contribution is 2.34. The number of benzene rings is 2. The molecule has 1 fully saturated rings. The molecular formula is C21H25ClN2S. The maximum Gasteiger partial charge on any atom is 0.171 e. The number of anilines is 1. The molecule has 0 aliphatic heterocycles. The molecule has 0 unspecified atom stereocenters. The Labute approximate surface area is 161 Å². The smallest absolute Gasteiger partial charge is 0.171 e. The van der Waals surface area contributed by atoms with Crippen LogP contribution in [0, 0.1) is 6.92 Å².